The van der Waals surface area contributed by atoms with Crippen molar-refractivity contribution in [2.45, 2.75) is 46.1 Å². The van der Waals surface area contributed by atoms with Gasteiger partial charge in [-0.2, -0.15) is 0 Å². The molecule has 2 nitrogen and oxygen atoms in total. The topological polar surface area (TPSA) is 21.3 Å². The minimum atomic E-state index is 0.607. The summed E-state index contributed by atoms with van der Waals surface area (Å²) in [7, 11) is 2.01. The number of hydrogen-bond donors (Lipinski definition) is 1. The lowest BCUT2D eigenvalue weighted by Gasteiger charge is -2.11. The van der Waals surface area contributed by atoms with Gasteiger partial charge in [0.05, 0.1) is 6.61 Å². The van der Waals surface area contributed by atoms with Crippen LogP contribution in [0.25, 0.3) is 0 Å². The maximum Gasteiger partial charge on any atom is 0.122 e. The molecule has 0 aliphatic heterocycles. The molecule has 0 spiro atoms. The van der Waals surface area contributed by atoms with E-state index in [0.29, 0.717) is 6.04 Å². The van der Waals surface area contributed by atoms with Crippen molar-refractivity contribution < 1.29 is 4.74 Å². The van der Waals surface area contributed by atoms with Crippen LogP contribution in [0.1, 0.15) is 37.3 Å². The monoisotopic (exact) mass is 235 g/mol. The maximum atomic E-state index is 5.81. The number of hydrogen-bond acceptors (Lipinski definition) is 2. The molecule has 0 radical (unpaired) electrons. The predicted molar refractivity (Wildman–Crippen MR) is 73.8 cm³/mol. The Kier molecular flexibility index (Phi) is 6.06. The SMILES string of the molecule is CNC(C)CCCCOc1cc(C)ccc1C. The van der Waals surface area contributed by atoms with E-state index < -0.39 is 0 Å². The van der Waals surface area contributed by atoms with E-state index in [2.05, 4.69) is 44.3 Å². The lowest BCUT2D eigenvalue weighted by atomic mass is 10.1. The zero-order valence-electron chi connectivity index (χ0n) is 11.5. The fourth-order valence-corrected chi connectivity index (χ4v) is 1.74. The van der Waals surface area contributed by atoms with Gasteiger partial charge in [-0.25, -0.2) is 0 Å². The molecule has 0 saturated heterocycles. The fourth-order valence-electron chi connectivity index (χ4n) is 1.74. The quantitative estimate of drug-likeness (QED) is 0.731. The summed E-state index contributed by atoms with van der Waals surface area (Å²) in [6.07, 6.45) is 3.55. The Morgan fingerprint density at radius 3 is 2.71 bits per heavy atom. The highest BCUT2D eigenvalue weighted by molar-refractivity contribution is 5.35. The summed E-state index contributed by atoms with van der Waals surface area (Å²) in [5.41, 5.74) is 2.48. The molecule has 0 aliphatic carbocycles. The van der Waals surface area contributed by atoms with Gasteiger partial charge in [-0.05, 0) is 64.3 Å². The van der Waals surface area contributed by atoms with Crippen LogP contribution >= 0.6 is 0 Å². The molecule has 0 heterocycles. The Morgan fingerprint density at radius 1 is 1.24 bits per heavy atom. The molecule has 0 saturated carbocycles. The van der Waals surface area contributed by atoms with E-state index in [1.54, 1.807) is 0 Å². The van der Waals surface area contributed by atoms with Gasteiger partial charge in [0.15, 0.2) is 0 Å². The molecule has 0 bridgehead atoms. The van der Waals surface area contributed by atoms with Crippen LogP contribution in [0.4, 0.5) is 0 Å². The van der Waals surface area contributed by atoms with Crippen LogP contribution in [0.15, 0.2) is 18.2 Å². The zero-order chi connectivity index (χ0) is 12.7. The molecular formula is C15H25NO. The fraction of sp³-hybridized carbons (Fsp3) is 0.600. The lowest BCUT2D eigenvalue weighted by Crippen LogP contribution is -2.20. The maximum absolute atomic E-state index is 5.81. The minimum Gasteiger partial charge on any atom is -0.493 e. The van der Waals surface area contributed by atoms with E-state index in [4.69, 9.17) is 4.74 Å². The highest BCUT2D eigenvalue weighted by Crippen LogP contribution is 2.19. The van der Waals surface area contributed by atoms with Crippen molar-refractivity contribution in [1.29, 1.82) is 0 Å². The van der Waals surface area contributed by atoms with E-state index in [1.165, 1.54) is 24.0 Å². The van der Waals surface area contributed by atoms with Gasteiger partial charge in [0.1, 0.15) is 5.75 Å². The van der Waals surface area contributed by atoms with Gasteiger partial charge in [0.25, 0.3) is 0 Å². The van der Waals surface area contributed by atoms with Crippen molar-refractivity contribution in [2.75, 3.05) is 13.7 Å². The first-order valence-electron chi connectivity index (χ1n) is 6.51. The zero-order valence-corrected chi connectivity index (χ0v) is 11.5. The number of nitrogens with one attached hydrogen (secondary N) is 1. The van der Waals surface area contributed by atoms with Crippen molar-refractivity contribution in [2.24, 2.45) is 0 Å². The highest BCUT2D eigenvalue weighted by atomic mass is 16.5. The van der Waals surface area contributed by atoms with Gasteiger partial charge < -0.3 is 10.1 Å². The minimum absolute atomic E-state index is 0.607. The van der Waals surface area contributed by atoms with Crippen molar-refractivity contribution in [1.82, 2.24) is 5.32 Å². The molecule has 1 atom stereocenters. The average molecular weight is 235 g/mol. The smallest absolute Gasteiger partial charge is 0.122 e. The number of unbranched alkanes of at least 4 members (excludes halogenated alkanes) is 1. The Morgan fingerprint density at radius 2 is 2.00 bits per heavy atom. The van der Waals surface area contributed by atoms with Crippen LogP contribution in [0.2, 0.25) is 0 Å². The van der Waals surface area contributed by atoms with Gasteiger partial charge in [-0.1, -0.05) is 12.1 Å². The van der Waals surface area contributed by atoms with Crippen LogP contribution in [0.3, 0.4) is 0 Å². The summed E-state index contributed by atoms with van der Waals surface area (Å²) < 4.78 is 5.81. The van der Waals surface area contributed by atoms with Gasteiger partial charge in [0, 0.05) is 6.04 Å². The van der Waals surface area contributed by atoms with E-state index in [0.717, 1.165) is 18.8 Å². The van der Waals surface area contributed by atoms with E-state index in [1.807, 2.05) is 7.05 Å². The molecule has 0 fully saturated rings. The molecule has 2 heteroatoms. The first-order chi connectivity index (χ1) is 8.13. The first-order valence-corrected chi connectivity index (χ1v) is 6.51. The third-order valence-electron chi connectivity index (χ3n) is 3.13. The summed E-state index contributed by atoms with van der Waals surface area (Å²) >= 11 is 0. The molecule has 1 unspecified atom stereocenters. The number of rotatable bonds is 7. The van der Waals surface area contributed by atoms with Crippen LogP contribution in [0.5, 0.6) is 5.75 Å². The van der Waals surface area contributed by atoms with Gasteiger partial charge >= 0.3 is 0 Å². The Hall–Kier alpha value is -1.02. The summed E-state index contributed by atoms with van der Waals surface area (Å²) in [5, 5.41) is 3.25. The standard InChI is InChI=1S/C15H25NO/c1-12-8-9-13(2)15(11-12)17-10-6-5-7-14(3)16-4/h8-9,11,14,16H,5-7,10H2,1-4H3. The van der Waals surface area contributed by atoms with Gasteiger partial charge in [0.2, 0.25) is 0 Å². The predicted octanol–water partition coefficient (Wildman–Crippen LogP) is 3.46. The van der Waals surface area contributed by atoms with Crippen LogP contribution in [-0.2, 0) is 0 Å². The Labute approximate surface area is 105 Å². The van der Waals surface area contributed by atoms with Crippen LogP contribution < -0.4 is 10.1 Å². The normalized spacial score (nSPS) is 12.5. The van der Waals surface area contributed by atoms with E-state index in [-0.39, 0.29) is 0 Å². The van der Waals surface area contributed by atoms with Crippen molar-refractivity contribution >= 4 is 0 Å². The van der Waals surface area contributed by atoms with E-state index in [9.17, 15) is 0 Å². The molecule has 0 amide bonds. The molecule has 1 rings (SSSR count). The molecule has 1 N–H and O–H groups in total. The summed E-state index contributed by atoms with van der Waals surface area (Å²) in [6.45, 7) is 7.23. The second-order valence-electron chi connectivity index (χ2n) is 4.80. The van der Waals surface area contributed by atoms with Crippen LogP contribution in [0, 0.1) is 13.8 Å². The molecule has 0 aromatic heterocycles. The van der Waals surface area contributed by atoms with Crippen molar-refractivity contribution in [3.8, 4) is 5.75 Å². The average Bonchev–Trinajstić information content (AvgIpc) is 2.32. The summed E-state index contributed by atoms with van der Waals surface area (Å²) in [6, 6.07) is 6.96. The largest absolute Gasteiger partial charge is 0.493 e. The highest BCUT2D eigenvalue weighted by Gasteiger charge is 2.01. The third-order valence-corrected chi connectivity index (χ3v) is 3.13. The van der Waals surface area contributed by atoms with Crippen molar-refractivity contribution in [3.05, 3.63) is 29.3 Å². The molecule has 17 heavy (non-hydrogen) atoms. The molecule has 0 aliphatic rings. The second-order valence-corrected chi connectivity index (χ2v) is 4.80. The lowest BCUT2D eigenvalue weighted by molar-refractivity contribution is 0.300. The Bertz CT molecular complexity index is 336. The molecule has 1 aromatic carbocycles. The van der Waals surface area contributed by atoms with Crippen molar-refractivity contribution in [3.63, 3.8) is 0 Å². The van der Waals surface area contributed by atoms with E-state index >= 15 is 0 Å². The van der Waals surface area contributed by atoms with Gasteiger partial charge in [-0.3, -0.25) is 0 Å². The number of aryl methyl sites for hydroxylation is 2. The molecule has 1 aromatic rings. The molecule has 96 valence electrons. The van der Waals surface area contributed by atoms with Gasteiger partial charge in [-0.15, -0.1) is 0 Å². The van der Waals surface area contributed by atoms with Crippen LogP contribution in [-0.4, -0.2) is 19.7 Å². The second kappa shape index (κ2) is 7.33. The number of ether oxygens (including phenoxy) is 1. The molecular weight excluding hydrogens is 210 g/mol. The third kappa shape index (κ3) is 5.22. The first kappa shape index (κ1) is 14.0. The summed E-state index contributed by atoms with van der Waals surface area (Å²) in [4.78, 5) is 0. The summed E-state index contributed by atoms with van der Waals surface area (Å²) in [5.74, 6) is 1.03. The number of benzene rings is 1. The Balaban J connectivity index is 2.24.